The maximum Gasteiger partial charge on any atom is 0.258 e. The molecule has 33 heavy (non-hydrogen) atoms. The van der Waals surface area contributed by atoms with Crippen molar-refractivity contribution in [1.82, 2.24) is 5.32 Å². The van der Waals surface area contributed by atoms with Crippen LogP contribution in [0.25, 0.3) is 0 Å². The number of nitrogens with one attached hydrogen (secondary N) is 2. The monoisotopic (exact) mass is 471 g/mol. The number of benzene rings is 2. The van der Waals surface area contributed by atoms with E-state index < -0.39 is 6.04 Å². The van der Waals surface area contributed by atoms with Gasteiger partial charge in [0.15, 0.2) is 6.61 Å². The summed E-state index contributed by atoms with van der Waals surface area (Å²) in [5.74, 6) is 1.17. The predicted molar refractivity (Wildman–Crippen MR) is 130 cm³/mol. The number of amides is 3. The molecule has 2 N–H and O–H groups in total. The normalized spacial score (nSPS) is 14.0. The first-order chi connectivity index (χ1) is 16.0. The van der Waals surface area contributed by atoms with E-state index in [1.165, 1.54) is 0 Å². The molecule has 0 saturated carbocycles. The number of carbonyl (C=O) groups excluding carboxylic acids is 3. The lowest BCUT2D eigenvalue weighted by atomic mass is 10.2. The molecule has 1 heterocycles. The van der Waals surface area contributed by atoms with Crippen molar-refractivity contribution in [3.05, 3.63) is 48.5 Å². The largest absolute Gasteiger partial charge is 0.495 e. The number of carbonyl (C=O) groups is 3. The highest BCUT2D eigenvalue weighted by molar-refractivity contribution is 7.98. The van der Waals surface area contributed by atoms with E-state index in [0.29, 0.717) is 48.0 Å². The molecule has 1 aliphatic heterocycles. The van der Waals surface area contributed by atoms with Crippen molar-refractivity contribution in [2.45, 2.75) is 25.3 Å². The van der Waals surface area contributed by atoms with Crippen molar-refractivity contribution in [3.63, 3.8) is 0 Å². The molecule has 9 heteroatoms. The number of hydrogen-bond acceptors (Lipinski definition) is 6. The summed E-state index contributed by atoms with van der Waals surface area (Å²) in [6.45, 7) is 0.428. The van der Waals surface area contributed by atoms with E-state index in [-0.39, 0.29) is 24.3 Å². The molecule has 1 atom stereocenters. The third-order valence-corrected chi connectivity index (χ3v) is 5.83. The molecule has 8 nitrogen and oxygen atoms in total. The molecular weight excluding hydrogens is 442 g/mol. The van der Waals surface area contributed by atoms with Gasteiger partial charge >= 0.3 is 0 Å². The number of para-hydroxylation sites is 1. The van der Waals surface area contributed by atoms with Gasteiger partial charge in [-0.2, -0.15) is 11.8 Å². The van der Waals surface area contributed by atoms with Crippen molar-refractivity contribution < 1.29 is 23.9 Å². The van der Waals surface area contributed by atoms with Crippen LogP contribution in [0.3, 0.4) is 0 Å². The van der Waals surface area contributed by atoms with Crippen molar-refractivity contribution in [1.29, 1.82) is 0 Å². The highest BCUT2D eigenvalue weighted by atomic mass is 32.2. The van der Waals surface area contributed by atoms with Crippen molar-refractivity contribution >= 4 is 40.9 Å². The van der Waals surface area contributed by atoms with E-state index in [1.807, 2.05) is 24.5 Å². The van der Waals surface area contributed by atoms with E-state index in [4.69, 9.17) is 9.47 Å². The summed E-state index contributed by atoms with van der Waals surface area (Å²) in [7, 11) is 1.54. The summed E-state index contributed by atoms with van der Waals surface area (Å²) in [5, 5.41) is 5.63. The molecule has 3 rings (SSSR count). The molecule has 176 valence electrons. The lowest BCUT2D eigenvalue weighted by Gasteiger charge is -2.21. The molecule has 0 aromatic heterocycles. The minimum Gasteiger partial charge on any atom is -0.495 e. The van der Waals surface area contributed by atoms with Crippen LogP contribution in [0.2, 0.25) is 0 Å². The second-order valence-electron chi connectivity index (χ2n) is 7.53. The minimum atomic E-state index is -0.719. The zero-order chi connectivity index (χ0) is 23.6. The maximum absolute atomic E-state index is 13.0. The first-order valence-electron chi connectivity index (χ1n) is 10.8. The minimum absolute atomic E-state index is 0.0281. The van der Waals surface area contributed by atoms with Gasteiger partial charge in [0.2, 0.25) is 11.8 Å². The fourth-order valence-electron chi connectivity index (χ4n) is 3.52. The lowest BCUT2D eigenvalue weighted by molar-refractivity contribution is -0.127. The summed E-state index contributed by atoms with van der Waals surface area (Å²) in [4.78, 5) is 39.3. The molecule has 1 saturated heterocycles. The number of rotatable bonds is 11. The summed E-state index contributed by atoms with van der Waals surface area (Å²) >= 11 is 1.59. The maximum atomic E-state index is 13.0. The van der Waals surface area contributed by atoms with Gasteiger partial charge in [0.25, 0.3) is 5.91 Å². The first-order valence-corrected chi connectivity index (χ1v) is 12.2. The number of hydrogen-bond donors (Lipinski definition) is 2. The molecule has 0 aliphatic carbocycles. The van der Waals surface area contributed by atoms with Crippen LogP contribution >= 0.6 is 11.8 Å². The van der Waals surface area contributed by atoms with Gasteiger partial charge < -0.3 is 25.0 Å². The highest BCUT2D eigenvalue weighted by Crippen LogP contribution is 2.34. The van der Waals surface area contributed by atoms with Gasteiger partial charge in [-0.05, 0) is 55.2 Å². The molecule has 0 radical (unpaired) electrons. The Morgan fingerprint density at radius 2 is 1.97 bits per heavy atom. The predicted octanol–water partition coefficient (Wildman–Crippen LogP) is 3.08. The molecule has 3 amide bonds. The SMILES string of the molecule is COc1ccc(NC(=O)C(CCSC)NC(=O)COc2ccccc2)cc1N1CCCC1=O. The second-order valence-corrected chi connectivity index (χ2v) is 8.51. The van der Waals surface area contributed by atoms with Crippen LogP contribution in [0.5, 0.6) is 11.5 Å². The molecule has 0 spiro atoms. The van der Waals surface area contributed by atoms with Crippen molar-refractivity contribution in [3.8, 4) is 11.5 Å². The molecule has 2 aromatic carbocycles. The standard InChI is InChI=1S/C24H29N3O5S/c1-31-21-11-10-17(15-20(21)27-13-6-9-23(27)29)25-24(30)19(12-14-33-2)26-22(28)16-32-18-7-4-3-5-8-18/h3-5,7-8,10-11,15,19H,6,9,12-14,16H2,1-2H3,(H,25,30)(H,26,28). The zero-order valence-corrected chi connectivity index (χ0v) is 19.7. The molecule has 2 aromatic rings. The fraction of sp³-hybridized carbons (Fsp3) is 0.375. The number of thioether (sulfide) groups is 1. The number of ether oxygens (including phenoxy) is 2. The van der Waals surface area contributed by atoms with Crippen LogP contribution in [0, 0.1) is 0 Å². The van der Waals surface area contributed by atoms with Gasteiger partial charge in [0.1, 0.15) is 17.5 Å². The Balaban J connectivity index is 1.66. The quantitative estimate of drug-likeness (QED) is 0.523. The van der Waals surface area contributed by atoms with E-state index in [2.05, 4.69) is 10.6 Å². The van der Waals surface area contributed by atoms with Gasteiger partial charge in [0.05, 0.1) is 12.8 Å². The van der Waals surface area contributed by atoms with E-state index in [9.17, 15) is 14.4 Å². The topological polar surface area (TPSA) is 97.0 Å². The molecule has 1 fully saturated rings. The van der Waals surface area contributed by atoms with Gasteiger partial charge in [-0.3, -0.25) is 14.4 Å². The third kappa shape index (κ3) is 6.89. The van der Waals surface area contributed by atoms with Gasteiger partial charge in [0, 0.05) is 18.7 Å². The first kappa shape index (κ1) is 24.4. The molecule has 1 unspecified atom stereocenters. The van der Waals surface area contributed by atoms with E-state index >= 15 is 0 Å². The van der Waals surface area contributed by atoms with Crippen LogP contribution < -0.4 is 25.0 Å². The Labute approximate surface area is 198 Å². The van der Waals surface area contributed by atoms with Crippen molar-refractivity contribution in [2.24, 2.45) is 0 Å². The van der Waals surface area contributed by atoms with E-state index in [0.717, 1.165) is 6.42 Å². The van der Waals surface area contributed by atoms with Crippen molar-refractivity contribution in [2.75, 3.05) is 42.5 Å². The fourth-order valence-corrected chi connectivity index (χ4v) is 3.99. The number of nitrogens with zero attached hydrogens (tertiary/aromatic N) is 1. The smallest absolute Gasteiger partial charge is 0.258 e. The Bertz CT molecular complexity index is 970. The molecular formula is C24H29N3O5S. The average molecular weight is 472 g/mol. The van der Waals surface area contributed by atoms with Gasteiger partial charge in [-0.15, -0.1) is 0 Å². The van der Waals surface area contributed by atoms with Crippen LogP contribution in [-0.4, -0.2) is 56.0 Å². The zero-order valence-electron chi connectivity index (χ0n) is 18.8. The Morgan fingerprint density at radius 3 is 2.64 bits per heavy atom. The van der Waals surface area contributed by atoms with Crippen LogP contribution in [0.15, 0.2) is 48.5 Å². The number of methoxy groups -OCH3 is 1. The van der Waals surface area contributed by atoms with Gasteiger partial charge in [-0.1, -0.05) is 18.2 Å². The summed E-state index contributed by atoms with van der Waals surface area (Å²) in [6, 6.07) is 13.5. The van der Waals surface area contributed by atoms with E-state index in [1.54, 1.807) is 54.1 Å². The molecule has 0 bridgehead atoms. The Hall–Kier alpha value is -3.20. The Kier molecular flexibility index (Phi) is 9.00. The molecule has 1 aliphatic rings. The summed E-state index contributed by atoms with van der Waals surface area (Å²) in [5.41, 5.74) is 1.15. The number of anilines is 2. The third-order valence-electron chi connectivity index (χ3n) is 5.19. The van der Waals surface area contributed by atoms with Crippen LogP contribution in [0.1, 0.15) is 19.3 Å². The van der Waals surface area contributed by atoms with Gasteiger partial charge in [-0.25, -0.2) is 0 Å². The highest BCUT2D eigenvalue weighted by Gasteiger charge is 2.26. The second kappa shape index (κ2) is 12.2. The summed E-state index contributed by atoms with van der Waals surface area (Å²) < 4.78 is 10.9. The summed E-state index contributed by atoms with van der Waals surface area (Å²) in [6.07, 6.45) is 3.69. The Morgan fingerprint density at radius 1 is 1.18 bits per heavy atom. The van der Waals surface area contributed by atoms with Crippen LogP contribution in [0.4, 0.5) is 11.4 Å². The average Bonchev–Trinajstić information content (AvgIpc) is 3.26. The van der Waals surface area contributed by atoms with Crippen LogP contribution in [-0.2, 0) is 14.4 Å². The lowest BCUT2D eigenvalue weighted by Crippen LogP contribution is -2.45.